The number of esters is 1. The fourth-order valence-corrected chi connectivity index (χ4v) is 1.99. The van der Waals surface area contributed by atoms with E-state index in [0.29, 0.717) is 29.3 Å². The third-order valence-electron chi connectivity index (χ3n) is 2.98. The first kappa shape index (κ1) is 17.3. The molecule has 0 aliphatic rings. The van der Waals surface area contributed by atoms with Gasteiger partial charge in [-0.3, -0.25) is 9.59 Å². The molecule has 0 unspecified atom stereocenters. The average Bonchev–Trinajstić information content (AvgIpc) is 2.49. The summed E-state index contributed by atoms with van der Waals surface area (Å²) in [6.45, 7) is 0.547. The van der Waals surface area contributed by atoms with Crippen molar-refractivity contribution in [3.05, 3.63) is 28.8 Å². The number of rotatable bonds is 8. The molecule has 0 saturated heterocycles. The Morgan fingerprint density at radius 1 is 1.19 bits per heavy atom. The van der Waals surface area contributed by atoms with Crippen LogP contribution in [0.2, 0.25) is 5.02 Å². The Labute approximate surface area is 129 Å². The number of nitrogens with one attached hydrogen (secondary N) is 1. The van der Waals surface area contributed by atoms with Gasteiger partial charge in [-0.2, -0.15) is 0 Å². The molecule has 0 aromatic heterocycles. The second kappa shape index (κ2) is 9.23. The lowest BCUT2D eigenvalue weighted by Crippen LogP contribution is -2.24. The number of unbranched alkanes of at least 4 members (excludes halogenated alkanes) is 2. The van der Waals surface area contributed by atoms with Crippen LogP contribution in [0.4, 0.5) is 0 Å². The Bertz CT molecular complexity index is 491. The Balaban J connectivity index is 2.33. The fraction of sp³-hybridized carbons (Fsp3) is 0.467. The zero-order valence-electron chi connectivity index (χ0n) is 12.3. The molecule has 1 aromatic rings. The molecule has 5 nitrogen and oxygen atoms in total. The van der Waals surface area contributed by atoms with Crippen LogP contribution in [0.25, 0.3) is 0 Å². The Hall–Kier alpha value is -1.75. The van der Waals surface area contributed by atoms with Gasteiger partial charge in [0.15, 0.2) is 0 Å². The molecular formula is C15H20ClNO4. The standard InChI is InChI=1S/C15H20ClNO4/c1-20-13-10-11(16)7-8-12(13)15(19)17-9-5-3-4-6-14(18)21-2/h7-8,10H,3-6,9H2,1-2H3,(H,17,19). The average molecular weight is 314 g/mol. The molecule has 1 N–H and O–H groups in total. The van der Waals surface area contributed by atoms with Crippen LogP contribution < -0.4 is 10.1 Å². The van der Waals surface area contributed by atoms with Crippen LogP contribution in [0.3, 0.4) is 0 Å². The molecule has 116 valence electrons. The van der Waals surface area contributed by atoms with E-state index in [9.17, 15) is 9.59 Å². The highest BCUT2D eigenvalue weighted by molar-refractivity contribution is 6.30. The van der Waals surface area contributed by atoms with Crippen molar-refractivity contribution >= 4 is 23.5 Å². The molecule has 1 amide bonds. The van der Waals surface area contributed by atoms with Gasteiger partial charge in [0.05, 0.1) is 19.8 Å². The molecule has 1 rings (SSSR count). The van der Waals surface area contributed by atoms with Crippen LogP contribution in [0.5, 0.6) is 5.75 Å². The predicted molar refractivity (Wildman–Crippen MR) is 80.8 cm³/mol. The van der Waals surface area contributed by atoms with Gasteiger partial charge in [-0.05, 0) is 31.0 Å². The van der Waals surface area contributed by atoms with E-state index in [1.807, 2.05) is 0 Å². The molecule has 6 heteroatoms. The number of hydrogen-bond donors (Lipinski definition) is 1. The Kier molecular flexibility index (Phi) is 7.61. The lowest BCUT2D eigenvalue weighted by atomic mass is 10.1. The van der Waals surface area contributed by atoms with Crippen molar-refractivity contribution in [1.82, 2.24) is 5.32 Å². The topological polar surface area (TPSA) is 64.6 Å². The highest BCUT2D eigenvalue weighted by Gasteiger charge is 2.11. The number of methoxy groups -OCH3 is 2. The molecular weight excluding hydrogens is 294 g/mol. The molecule has 0 aliphatic carbocycles. The van der Waals surface area contributed by atoms with Crippen LogP contribution in [-0.4, -0.2) is 32.6 Å². The van der Waals surface area contributed by atoms with Crippen LogP contribution in [-0.2, 0) is 9.53 Å². The molecule has 21 heavy (non-hydrogen) atoms. The molecule has 0 bridgehead atoms. The Morgan fingerprint density at radius 3 is 2.62 bits per heavy atom. The van der Waals surface area contributed by atoms with Gasteiger partial charge >= 0.3 is 5.97 Å². The zero-order chi connectivity index (χ0) is 15.7. The van der Waals surface area contributed by atoms with E-state index < -0.39 is 0 Å². The third-order valence-corrected chi connectivity index (χ3v) is 3.21. The lowest BCUT2D eigenvalue weighted by Gasteiger charge is -2.09. The van der Waals surface area contributed by atoms with E-state index in [1.165, 1.54) is 14.2 Å². The third kappa shape index (κ3) is 6.04. The van der Waals surface area contributed by atoms with Crippen molar-refractivity contribution in [2.45, 2.75) is 25.7 Å². The summed E-state index contributed by atoms with van der Waals surface area (Å²) in [6.07, 6.45) is 2.83. The van der Waals surface area contributed by atoms with Gasteiger partial charge in [0.25, 0.3) is 5.91 Å². The van der Waals surface area contributed by atoms with Crippen LogP contribution >= 0.6 is 11.6 Å². The number of benzene rings is 1. The first-order chi connectivity index (χ1) is 10.1. The lowest BCUT2D eigenvalue weighted by molar-refractivity contribution is -0.140. The normalized spacial score (nSPS) is 10.0. The number of ether oxygens (including phenoxy) is 2. The van der Waals surface area contributed by atoms with Gasteiger partial charge in [-0.1, -0.05) is 18.0 Å². The maximum atomic E-state index is 12.0. The Morgan fingerprint density at radius 2 is 1.95 bits per heavy atom. The van der Waals surface area contributed by atoms with Crippen molar-refractivity contribution in [3.63, 3.8) is 0 Å². The zero-order valence-corrected chi connectivity index (χ0v) is 13.0. The van der Waals surface area contributed by atoms with E-state index in [-0.39, 0.29) is 11.9 Å². The van der Waals surface area contributed by atoms with Crippen molar-refractivity contribution in [1.29, 1.82) is 0 Å². The molecule has 0 spiro atoms. The monoisotopic (exact) mass is 313 g/mol. The summed E-state index contributed by atoms with van der Waals surface area (Å²) < 4.78 is 9.69. The summed E-state index contributed by atoms with van der Waals surface area (Å²) >= 11 is 5.85. The summed E-state index contributed by atoms with van der Waals surface area (Å²) in [7, 11) is 2.87. The van der Waals surface area contributed by atoms with E-state index in [0.717, 1.165) is 19.3 Å². The van der Waals surface area contributed by atoms with Crippen LogP contribution in [0, 0.1) is 0 Å². The molecule has 0 heterocycles. The fourth-order valence-electron chi connectivity index (χ4n) is 1.82. The molecule has 0 aliphatic heterocycles. The number of hydrogen-bond acceptors (Lipinski definition) is 4. The van der Waals surface area contributed by atoms with E-state index in [2.05, 4.69) is 10.1 Å². The maximum absolute atomic E-state index is 12.0. The number of carbonyl (C=O) groups excluding carboxylic acids is 2. The summed E-state index contributed by atoms with van der Waals surface area (Å²) in [5.41, 5.74) is 0.455. The number of carbonyl (C=O) groups is 2. The van der Waals surface area contributed by atoms with Gasteiger partial charge in [-0.15, -0.1) is 0 Å². The molecule has 1 aromatic carbocycles. The molecule has 0 atom stereocenters. The van der Waals surface area contributed by atoms with Crippen molar-refractivity contribution in [2.75, 3.05) is 20.8 Å². The second-order valence-corrected chi connectivity index (χ2v) is 4.92. The first-order valence-electron chi connectivity index (χ1n) is 6.77. The smallest absolute Gasteiger partial charge is 0.305 e. The minimum absolute atomic E-state index is 0.198. The van der Waals surface area contributed by atoms with E-state index in [4.69, 9.17) is 16.3 Å². The number of amides is 1. The highest BCUT2D eigenvalue weighted by Crippen LogP contribution is 2.22. The summed E-state index contributed by atoms with van der Waals surface area (Å²) in [5, 5.41) is 3.34. The van der Waals surface area contributed by atoms with Gasteiger partial charge in [0, 0.05) is 18.0 Å². The molecule has 0 radical (unpaired) electrons. The molecule has 0 saturated carbocycles. The summed E-state index contributed by atoms with van der Waals surface area (Å²) in [4.78, 5) is 22.9. The van der Waals surface area contributed by atoms with Gasteiger partial charge < -0.3 is 14.8 Å². The van der Waals surface area contributed by atoms with Crippen molar-refractivity contribution in [3.8, 4) is 5.75 Å². The quantitative estimate of drug-likeness (QED) is 0.592. The van der Waals surface area contributed by atoms with Crippen molar-refractivity contribution in [2.24, 2.45) is 0 Å². The number of halogens is 1. The largest absolute Gasteiger partial charge is 0.496 e. The van der Waals surface area contributed by atoms with E-state index >= 15 is 0 Å². The van der Waals surface area contributed by atoms with Crippen LogP contribution in [0.15, 0.2) is 18.2 Å². The van der Waals surface area contributed by atoms with Gasteiger partial charge in [0.2, 0.25) is 0 Å². The maximum Gasteiger partial charge on any atom is 0.305 e. The first-order valence-corrected chi connectivity index (χ1v) is 7.15. The highest BCUT2D eigenvalue weighted by atomic mass is 35.5. The van der Waals surface area contributed by atoms with Gasteiger partial charge in [-0.25, -0.2) is 0 Å². The second-order valence-electron chi connectivity index (χ2n) is 4.49. The minimum Gasteiger partial charge on any atom is -0.496 e. The minimum atomic E-state index is -0.204. The van der Waals surface area contributed by atoms with Crippen molar-refractivity contribution < 1.29 is 19.1 Å². The predicted octanol–water partition coefficient (Wildman–Crippen LogP) is 2.81. The van der Waals surface area contributed by atoms with Crippen LogP contribution in [0.1, 0.15) is 36.0 Å². The summed E-state index contributed by atoms with van der Waals surface area (Å²) in [5.74, 6) is 0.0483. The SMILES string of the molecule is COC(=O)CCCCCNC(=O)c1ccc(Cl)cc1OC. The van der Waals surface area contributed by atoms with E-state index in [1.54, 1.807) is 18.2 Å². The van der Waals surface area contributed by atoms with Gasteiger partial charge in [0.1, 0.15) is 5.75 Å². The molecule has 0 fully saturated rings. The summed E-state index contributed by atoms with van der Waals surface area (Å²) in [6, 6.07) is 4.88.